The fraction of sp³-hybridized carbons (Fsp3) is 0.389. The number of aromatic nitrogens is 1. The van der Waals surface area contributed by atoms with Crippen LogP contribution in [0.1, 0.15) is 40.2 Å². The van der Waals surface area contributed by atoms with Gasteiger partial charge in [-0.1, -0.05) is 12.1 Å². The van der Waals surface area contributed by atoms with Crippen LogP contribution in [-0.4, -0.2) is 30.4 Å². The van der Waals surface area contributed by atoms with E-state index in [1.807, 2.05) is 39.0 Å². The van der Waals surface area contributed by atoms with Gasteiger partial charge in [0.05, 0.1) is 18.8 Å². The van der Waals surface area contributed by atoms with Crippen LogP contribution in [0.4, 0.5) is 0 Å². The Bertz CT molecular complexity index is 732. The normalized spacial score (nSPS) is 11.3. The third kappa shape index (κ3) is 5.34. The molecule has 0 spiro atoms. The highest BCUT2D eigenvalue weighted by molar-refractivity contribution is 5.94. The molecule has 1 aromatic carbocycles. The van der Waals surface area contributed by atoms with Gasteiger partial charge in [0.25, 0.3) is 5.91 Å². The lowest BCUT2D eigenvalue weighted by molar-refractivity contribution is 0.0963. The van der Waals surface area contributed by atoms with E-state index >= 15 is 0 Å². The van der Waals surface area contributed by atoms with Gasteiger partial charge >= 0.3 is 0 Å². The molecule has 0 aliphatic carbocycles. The van der Waals surface area contributed by atoms with Crippen LogP contribution in [0.3, 0.4) is 0 Å². The number of benzene rings is 1. The molecule has 0 unspecified atom stereocenters. The molecular weight excluding hydrogens is 318 g/mol. The average Bonchev–Trinajstić information content (AvgIpc) is 2.94. The second-order valence-electron chi connectivity index (χ2n) is 5.58. The Labute approximate surface area is 147 Å². The first-order chi connectivity index (χ1) is 12.0. The van der Waals surface area contributed by atoms with Gasteiger partial charge in [-0.2, -0.15) is 0 Å². The lowest BCUT2D eigenvalue weighted by atomic mass is 10.1. The van der Waals surface area contributed by atoms with Crippen molar-refractivity contribution < 1.29 is 9.21 Å². The molecule has 0 radical (unpaired) electrons. The Kier molecular flexibility index (Phi) is 6.56. The number of oxazole rings is 1. The van der Waals surface area contributed by atoms with Crippen LogP contribution >= 0.6 is 0 Å². The van der Waals surface area contributed by atoms with Gasteiger partial charge in [-0.05, 0) is 38.5 Å². The minimum absolute atomic E-state index is 0.106. The summed E-state index contributed by atoms with van der Waals surface area (Å²) in [7, 11) is 1.62. The summed E-state index contributed by atoms with van der Waals surface area (Å²) in [6.07, 6.45) is 0. The average molecular weight is 343 g/mol. The highest BCUT2D eigenvalue weighted by atomic mass is 16.4. The van der Waals surface area contributed by atoms with Crippen molar-refractivity contribution in [1.29, 1.82) is 0 Å². The zero-order valence-electron chi connectivity index (χ0n) is 15.1. The zero-order chi connectivity index (χ0) is 18.2. The molecule has 0 saturated carbocycles. The summed E-state index contributed by atoms with van der Waals surface area (Å²) in [5.41, 5.74) is 2.48. The lowest BCUT2D eigenvalue weighted by Crippen LogP contribution is -2.36. The van der Waals surface area contributed by atoms with Gasteiger partial charge in [0, 0.05) is 19.2 Å². The van der Waals surface area contributed by atoms with Crippen LogP contribution in [0.2, 0.25) is 0 Å². The molecule has 3 N–H and O–H groups in total. The number of aliphatic imine (C=N–C) groups is 1. The topological polar surface area (TPSA) is 91.5 Å². The molecular formula is C18H25N5O2. The summed E-state index contributed by atoms with van der Waals surface area (Å²) in [5.74, 6) is 2.01. The molecule has 1 amide bonds. The number of aryl methyl sites for hydroxylation is 2. The number of amides is 1. The van der Waals surface area contributed by atoms with Crippen LogP contribution < -0.4 is 16.0 Å². The molecule has 134 valence electrons. The molecule has 0 saturated heterocycles. The van der Waals surface area contributed by atoms with E-state index in [4.69, 9.17) is 4.42 Å². The van der Waals surface area contributed by atoms with Gasteiger partial charge < -0.3 is 20.4 Å². The maximum Gasteiger partial charge on any atom is 0.251 e. The molecule has 7 heteroatoms. The van der Waals surface area contributed by atoms with E-state index in [2.05, 4.69) is 25.9 Å². The van der Waals surface area contributed by atoms with Crippen molar-refractivity contribution in [2.45, 2.75) is 33.9 Å². The maximum absolute atomic E-state index is 11.7. The fourth-order valence-corrected chi connectivity index (χ4v) is 2.24. The van der Waals surface area contributed by atoms with Crippen molar-refractivity contribution in [1.82, 2.24) is 20.9 Å². The number of rotatable bonds is 6. The van der Waals surface area contributed by atoms with E-state index in [0.717, 1.165) is 23.6 Å². The number of hydrogen-bond acceptors (Lipinski definition) is 4. The first-order valence-corrected chi connectivity index (χ1v) is 8.29. The largest absolute Gasteiger partial charge is 0.444 e. The summed E-state index contributed by atoms with van der Waals surface area (Å²) in [5, 5.41) is 9.00. The predicted molar refractivity (Wildman–Crippen MR) is 97.5 cm³/mol. The van der Waals surface area contributed by atoms with Crippen molar-refractivity contribution in [3.8, 4) is 0 Å². The Morgan fingerprint density at radius 2 is 2.08 bits per heavy atom. The molecule has 2 rings (SSSR count). The first kappa shape index (κ1) is 18.5. The number of guanidine groups is 1. The second-order valence-corrected chi connectivity index (χ2v) is 5.58. The highest BCUT2D eigenvalue weighted by Gasteiger charge is 2.07. The molecule has 1 heterocycles. The fourth-order valence-electron chi connectivity index (χ4n) is 2.24. The van der Waals surface area contributed by atoms with Crippen molar-refractivity contribution in [2.75, 3.05) is 13.6 Å². The van der Waals surface area contributed by atoms with Crippen LogP contribution in [0.25, 0.3) is 0 Å². The lowest BCUT2D eigenvalue weighted by Gasteiger charge is -2.10. The Morgan fingerprint density at radius 3 is 2.72 bits per heavy atom. The summed E-state index contributed by atoms with van der Waals surface area (Å²) in [4.78, 5) is 20.6. The Morgan fingerprint density at radius 1 is 1.28 bits per heavy atom. The minimum Gasteiger partial charge on any atom is -0.444 e. The second kappa shape index (κ2) is 8.86. The van der Waals surface area contributed by atoms with Crippen LogP contribution in [0, 0.1) is 13.8 Å². The number of nitrogens with one attached hydrogen (secondary N) is 3. The third-order valence-corrected chi connectivity index (χ3v) is 3.66. The highest BCUT2D eigenvalue weighted by Crippen LogP contribution is 2.08. The number of hydrogen-bond donors (Lipinski definition) is 3. The molecule has 25 heavy (non-hydrogen) atoms. The van der Waals surface area contributed by atoms with Gasteiger partial charge in [-0.25, -0.2) is 9.98 Å². The van der Waals surface area contributed by atoms with Crippen molar-refractivity contribution in [3.05, 3.63) is 52.7 Å². The minimum atomic E-state index is -0.106. The van der Waals surface area contributed by atoms with Crippen LogP contribution in [0.15, 0.2) is 33.7 Å². The molecule has 7 nitrogen and oxygen atoms in total. The molecule has 1 aromatic heterocycles. The van der Waals surface area contributed by atoms with Gasteiger partial charge in [0.1, 0.15) is 5.76 Å². The quantitative estimate of drug-likeness (QED) is 0.550. The van der Waals surface area contributed by atoms with Crippen molar-refractivity contribution in [3.63, 3.8) is 0 Å². The SMILES string of the molecule is CCNC(=NCc1cccc(C(=O)NC)c1)NCc1nc(C)c(C)o1. The number of carbonyl (C=O) groups excluding carboxylic acids is 1. The van der Waals surface area contributed by atoms with E-state index in [9.17, 15) is 4.79 Å². The van der Waals surface area contributed by atoms with Crippen LogP contribution in [0.5, 0.6) is 0 Å². The molecule has 0 bridgehead atoms. The van der Waals surface area contributed by atoms with Gasteiger partial charge in [0.2, 0.25) is 5.89 Å². The summed E-state index contributed by atoms with van der Waals surface area (Å²) in [6, 6.07) is 7.42. The van der Waals surface area contributed by atoms with Gasteiger partial charge in [0.15, 0.2) is 5.96 Å². The van der Waals surface area contributed by atoms with E-state index in [1.54, 1.807) is 13.1 Å². The Hall–Kier alpha value is -2.83. The predicted octanol–water partition coefficient (Wildman–Crippen LogP) is 1.91. The zero-order valence-corrected chi connectivity index (χ0v) is 15.1. The van der Waals surface area contributed by atoms with Crippen molar-refractivity contribution in [2.24, 2.45) is 4.99 Å². The van der Waals surface area contributed by atoms with Gasteiger partial charge in [-0.3, -0.25) is 4.79 Å². The summed E-state index contributed by atoms with van der Waals surface area (Å²) < 4.78 is 5.56. The first-order valence-electron chi connectivity index (χ1n) is 8.29. The molecule has 0 aliphatic rings. The van der Waals surface area contributed by atoms with E-state index in [1.165, 1.54) is 0 Å². The monoisotopic (exact) mass is 343 g/mol. The number of carbonyl (C=O) groups is 1. The Balaban J connectivity index is 2.02. The summed E-state index contributed by atoms with van der Waals surface area (Å²) >= 11 is 0. The van der Waals surface area contributed by atoms with E-state index < -0.39 is 0 Å². The summed E-state index contributed by atoms with van der Waals surface area (Å²) in [6.45, 7) is 7.48. The van der Waals surface area contributed by atoms with E-state index in [-0.39, 0.29) is 5.91 Å². The molecule has 0 atom stereocenters. The maximum atomic E-state index is 11.7. The number of nitrogens with zero attached hydrogens (tertiary/aromatic N) is 2. The van der Waals surface area contributed by atoms with Crippen molar-refractivity contribution >= 4 is 11.9 Å². The standard InChI is InChI=1S/C18H25N5O2/c1-5-20-18(22-11-16-23-12(2)13(3)25-16)21-10-14-7-6-8-15(9-14)17(24)19-4/h6-9H,5,10-11H2,1-4H3,(H,19,24)(H2,20,21,22). The van der Waals surface area contributed by atoms with E-state index in [0.29, 0.717) is 30.5 Å². The molecule has 0 fully saturated rings. The third-order valence-electron chi connectivity index (χ3n) is 3.66. The smallest absolute Gasteiger partial charge is 0.251 e. The molecule has 0 aliphatic heterocycles. The van der Waals surface area contributed by atoms with Crippen LogP contribution in [-0.2, 0) is 13.1 Å². The van der Waals surface area contributed by atoms with Gasteiger partial charge in [-0.15, -0.1) is 0 Å². The molecule has 2 aromatic rings.